The largest absolute Gasteiger partial charge is 0.464 e. The fraction of sp³-hybridized carbons (Fsp3) is 0.800. The maximum absolute atomic E-state index is 13.3. The molecule has 4 atom stereocenters. The van der Waals surface area contributed by atoms with Crippen LogP contribution in [0.15, 0.2) is 5.38 Å². The van der Waals surface area contributed by atoms with Crippen molar-refractivity contribution in [3.63, 3.8) is 0 Å². The molecule has 33 heavy (non-hydrogen) atoms. The predicted molar refractivity (Wildman–Crippen MR) is 139 cm³/mol. The summed E-state index contributed by atoms with van der Waals surface area (Å²) in [6.07, 6.45) is 1.39. The number of carbonyl (C=O) groups excluding carboxylic acids is 2. The van der Waals surface area contributed by atoms with Gasteiger partial charge in [0.05, 0.1) is 13.2 Å². The van der Waals surface area contributed by atoms with Crippen molar-refractivity contribution in [3.05, 3.63) is 16.1 Å². The average Bonchev–Trinajstić information content (AvgIpc) is 3.32. The van der Waals surface area contributed by atoms with Crippen LogP contribution in [0.1, 0.15) is 89.8 Å². The van der Waals surface area contributed by atoms with Crippen LogP contribution in [-0.4, -0.2) is 50.3 Å². The molecule has 0 spiro atoms. The number of hydrogen-bond donors (Lipinski definition) is 0. The van der Waals surface area contributed by atoms with E-state index in [9.17, 15) is 9.59 Å². The summed E-state index contributed by atoms with van der Waals surface area (Å²) in [5.74, 6) is 0.316. The van der Waals surface area contributed by atoms with Crippen LogP contribution in [-0.2, 0) is 14.0 Å². The molecule has 0 aliphatic rings. The molecule has 0 fully saturated rings. The molecule has 0 bridgehead atoms. The van der Waals surface area contributed by atoms with Gasteiger partial charge in [-0.05, 0) is 36.4 Å². The van der Waals surface area contributed by atoms with Crippen molar-refractivity contribution in [2.45, 2.75) is 98.5 Å². The Bertz CT molecular complexity index is 742. The number of carbonyl (C=O) groups is 2. The van der Waals surface area contributed by atoms with Gasteiger partial charge >= 0.3 is 5.97 Å². The number of nitrogens with zero attached hydrogens (tertiary/aromatic N) is 2. The third-order valence-corrected chi connectivity index (χ3v) is 13.1. The van der Waals surface area contributed by atoms with Crippen LogP contribution < -0.4 is 0 Å². The lowest BCUT2D eigenvalue weighted by Gasteiger charge is -2.39. The van der Waals surface area contributed by atoms with E-state index in [2.05, 4.69) is 53.5 Å². The maximum atomic E-state index is 13.3. The van der Waals surface area contributed by atoms with Crippen LogP contribution in [0.5, 0.6) is 0 Å². The molecule has 0 aromatic carbocycles. The van der Waals surface area contributed by atoms with Crippen molar-refractivity contribution in [2.24, 2.45) is 17.8 Å². The Morgan fingerprint density at radius 2 is 1.67 bits per heavy atom. The molecule has 0 unspecified atom stereocenters. The second-order valence-corrected chi connectivity index (χ2v) is 15.2. The number of ether oxygens (including phenoxy) is 1. The number of thiazole rings is 1. The van der Waals surface area contributed by atoms with E-state index in [4.69, 9.17) is 9.16 Å². The SMILES string of the molecule is CC[C@H](C)[C@H](C)C(=O)N(C)[C@H](C[C@@H](O[Si](CC)(CC)CC)c1nc(C(=O)OC)cs1)C(C)C. The standard InChI is InChI=1S/C25H46N2O4SSi/c1-11-18(7)19(8)24(28)27(9)21(17(5)6)15-22(31-33(12-2,13-3)14-4)23-26-20(16-32-23)25(29)30-10/h16-19,21-22H,11-15H2,1-10H3/t18-,19-,21+,22+/m0/s1. The van der Waals surface area contributed by atoms with E-state index in [-0.39, 0.29) is 29.9 Å². The van der Waals surface area contributed by atoms with Crippen molar-refractivity contribution < 1.29 is 18.8 Å². The van der Waals surface area contributed by atoms with Crippen LogP contribution in [0.3, 0.4) is 0 Å². The van der Waals surface area contributed by atoms with Gasteiger partial charge in [-0.2, -0.15) is 0 Å². The van der Waals surface area contributed by atoms with Gasteiger partial charge in [-0.15, -0.1) is 11.3 Å². The summed E-state index contributed by atoms with van der Waals surface area (Å²) < 4.78 is 11.8. The number of aromatic nitrogens is 1. The molecular formula is C25H46N2O4SSi. The molecule has 6 nitrogen and oxygen atoms in total. The first-order chi connectivity index (χ1) is 15.5. The highest BCUT2D eigenvalue weighted by molar-refractivity contribution is 7.09. The van der Waals surface area contributed by atoms with Crippen LogP contribution in [0.2, 0.25) is 18.1 Å². The number of methoxy groups -OCH3 is 1. The van der Waals surface area contributed by atoms with E-state index < -0.39 is 14.3 Å². The molecule has 1 rings (SSSR count). The summed E-state index contributed by atoms with van der Waals surface area (Å²) in [4.78, 5) is 31.9. The minimum absolute atomic E-state index is 0.0109. The second-order valence-electron chi connectivity index (χ2n) is 9.58. The molecule has 190 valence electrons. The Hall–Kier alpha value is -1.25. The van der Waals surface area contributed by atoms with Crippen molar-refractivity contribution in [1.29, 1.82) is 0 Å². The van der Waals surface area contributed by atoms with Crippen molar-refractivity contribution in [1.82, 2.24) is 9.88 Å². The zero-order valence-electron chi connectivity index (χ0n) is 22.4. The number of hydrogen-bond acceptors (Lipinski definition) is 6. The molecule has 0 saturated heterocycles. The molecule has 0 aliphatic carbocycles. The lowest BCUT2D eigenvalue weighted by molar-refractivity contribution is -0.138. The third kappa shape index (κ3) is 7.62. The predicted octanol–water partition coefficient (Wildman–Crippen LogP) is 6.55. The molecule has 0 aliphatic heterocycles. The van der Waals surface area contributed by atoms with Gasteiger partial charge in [0.2, 0.25) is 5.91 Å². The van der Waals surface area contributed by atoms with Crippen LogP contribution in [0, 0.1) is 17.8 Å². The minimum Gasteiger partial charge on any atom is -0.464 e. The Morgan fingerprint density at radius 1 is 1.09 bits per heavy atom. The molecule has 0 saturated carbocycles. The monoisotopic (exact) mass is 498 g/mol. The Morgan fingerprint density at radius 3 is 2.12 bits per heavy atom. The topological polar surface area (TPSA) is 68.7 Å². The number of esters is 1. The zero-order chi connectivity index (χ0) is 25.3. The molecule has 1 amide bonds. The highest BCUT2D eigenvalue weighted by atomic mass is 32.1. The van der Waals surface area contributed by atoms with E-state index in [0.29, 0.717) is 18.0 Å². The lowest BCUT2D eigenvalue weighted by atomic mass is 9.90. The average molecular weight is 499 g/mol. The van der Waals surface area contributed by atoms with Gasteiger partial charge in [0, 0.05) is 24.4 Å². The Kier molecular flexibility index (Phi) is 12.3. The summed E-state index contributed by atoms with van der Waals surface area (Å²) in [6, 6.07) is 3.09. The summed E-state index contributed by atoms with van der Waals surface area (Å²) in [5.41, 5.74) is 0.318. The first-order valence-electron chi connectivity index (χ1n) is 12.5. The smallest absolute Gasteiger partial charge is 0.357 e. The fourth-order valence-corrected chi connectivity index (χ4v) is 8.04. The van der Waals surface area contributed by atoms with E-state index in [0.717, 1.165) is 29.6 Å². The number of amides is 1. The van der Waals surface area contributed by atoms with E-state index in [1.807, 2.05) is 18.9 Å². The molecule has 1 heterocycles. The first kappa shape index (κ1) is 29.8. The van der Waals surface area contributed by atoms with Crippen LogP contribution in [0.25, 0.3) is 0 Å². The highest BCUT2D eigenvalue weighted by Gasteiger charge is 2.37. The van der Waals surface area contributed by atoms with Gasteiger partial charge in [0.15, 0.2) is 14.0 Å². The van der Waals surface area contributed by atoms with Gasteiger partial charge in [-0.25, -0.2) is 9.78 Å². The molecule has 0 N–H and O–H groups in total. The quantitative estimate of drug-likeness (QED) is 0.215. The summed E-state index contributed by atoms with van der Waals surface area (Å²) in [6.45, 7) is 17.2. The van der Waals surface area contributed by atoms with E-state index >= 15 is 0 Å². The Labute approximate surface area is 206 Å². The van der Waals surface area contributed by atoms with Gasteiger partial charge in [0.25, 0.3) is 0 Å². The molecular weight excluding hydrogens is 452 g/mol. The van der Waals surface area contributed by atoms with Crippen LogP contribution in [0.4, 0.5) is 0 Å². The summed E-state index contributed by atoms with van der Waals surface area (Å²) in [5, 5.41) is 2.54. The third-order valence-electron chi connectivity index (χ3n) is 7.47. The Balaban J connectivity index is 3.33. The molecule has 8 heteroatoms. The first-order valence-corrected chi connectivity index (χ1v) is 15.9. The van der Waals surface area contributed by atoms with Crippen molar-refractivity contribution >= 4 is 31.5 Å². The van der Waals surface area contributed by atoms with Gasteiger partial charge in [-0.3, -0.25) is 4.79 Å². The number of rotatable bonds is 14. The van der Waals surface area contributed by atoms with E-state index in [1.165, 1.54) is 18.4 Å². The van der Waals surface area contributed by atoms with Crippen LogP contribution >= 0.6 is 11.3 Å². The summed E-state index contributed by atoms with van der Waals surface area (Å²) in [7, 11) is 1.34. The normalized spacial score (nSPS) is 15.7. The lowest BCUT2D eigenvalue weighted by Crippen LogP contribution is -2.46. The molecule has 1 aromatic rings. The zero-order valence-corrected chi connectivity index (χ0v) is 24.3. The van der Waals surface area contributed by atoms with Crippen molar-refractivity contribution in [2.75, 3.05) is 14.2 Å². The minimum atomic E-state index is -1.95. The van der Waals surface area contributed by atoms with Gasteiger partial charge < -0.3 is 14.1 Å². The fourth-order valence-electron chi connectivity index (χ4n) is 4.31. The maximum Gasteiger partial charge on any atom is 0.357 e. The molecule has 0 radical (unpaired) electrons. The molecule has 1 aromatic heterocycles. The second kappa shape index (κ2) is 13.6. The summed E-state index contributed by atoms with van der Waals surface area (Å²) >= 11 is 1.44. The van der Waals surface area contributed by atoms with Crippen molar-refractivity contribution in [3.8, 4) is 0 Å². The van der Waals surface area contributed by atoms with E-state index in [1.54, 1.807) is 5.38 Å². The highest BCUT2D eigenvalue weighted by Crippen LogP contribution is 2.36. The van der Waals surface area contributed by atoms with Gasteiger partial charge in [-0.1, -0.05) is 61.8 Å². The van der Waals surface area contributed by atoms with Gasteiger partial charge in [0.1, 0.15) is 5.01 Å².